The van der Waals surface area contributed by atoms with Crippen LogP contribution in [-0.4, -0.2) is 101 Å². The van der Waals surface area contributed by atoms with E-state index in [1.54, 1.807) is 0 Å². The summed E-state index contributed by atoms with van der Waals surface area (Å²) in [5.41, 5.74) is 0. The van der Waals surface area contributed by atoms with Gasteiger partial charge in [0.05, 0.1) is 52.7 Å². The third kappa shape index (κ3) is 21.9. The number of nitrogens with one attached hydrogen (secondary N) is 2. The highest BCUT2D eigenvalue weighted by Gasteiger charge is 1.99. The van der Waals surface area contributed by atoms with Crippen molar-refractivity contribution >= 4 is 17.8 Å². The van der Waals surface area contributed by atoms with E-state index in [4.69, 9.17) is 29.2 Å². The molecule has 0 aliphatic carbocycles. The van der Waals surface area contributed by atoms with E-state index in [2.05, 4.69) is 22.5 Å². The fourth-order valence-electron chi connectivity index (χ4n) is 1.65. The van der Waals surface area contributed by atoms with E-state index in [9.17, 15) is 14.4 Å². The summed E-state index contributed by atoms with van der Waals surface area (Å²) in [6.45, 7) is 3.04. The Morgan fingerprint density at radius 3 is 1.59 bits per heavy atom. The summed E-state index contributed by atoms with van der Waals surface area (Å²) in [5.74, 6) is 2.22. The van der Waals surface area contributed by atoms with Gasteiger partial charge in [0.15, 0.2) is 0 Å². The number of rotatable bonds is 18. The lowest BCUT2D eigenvalue weighted by Crippen LogP contribution is -2.28. The van der Waals surface area contributed by atoms with Crippen molar-refractivity contribution in [1.82, 2.24) is 10.6 Å². The van der Waals surface area contributed by atoms with Crippen LogP contribution in [0.15, 0.2) is 0 Å². The number of hydrogen-bond acceptors (Lipinski definition) is 8. The van der Waals surface area contributed by atoms with Gasteiger partial charge in [-0.25, -0.2) is 0 Å². The molecular formula is C18H30N2O9. The number of aliphatic carboxylic acids is 1. The molecule has 166 valence electrons. The molecule has 0 aliphatic heterocycles. The van der Waals surface area contributed by atoms with E-state index in [0.717, 1.165) is 0 Å². The SMILES string of the molecule is O=C(O)CCOCCOCCNC(=O)C#CC(=O)NCCOCCOCCCO. The number of carbonyl (C=O) groups excluding carboxylic acids is 2. The molecular weight excluding hydrogens is 388 g/mol. The first-order valence-electron chi connectivity index (χ1n) is 9.27. The van der Waals surface area contributed by atoms with Crippen LogP contribution in [0.5, 0.6) is 0 Å². The molecule has 0 rings (SSSR count). The number of hydrogen-bond donors (Lipinski definition) is 4. The molecule has 11 nitrogen and oxygen atoms in total. The third-order valence-electron chi connectivity index (χ3n) is 3.00. The molecule has 0 aliphatic rings. The van der Waals surface area contributed by atoms with Crippen molar-refractivity contribution in [2.24, 2.45) is 0 Å². The van der Waals surface area contributed by atoms with E-state index >= 15 is 0 Å². The molecule has 0 aromatic carbocycles. The molecule has 0 aromatic heterocycles. The van der Waals surface area contributed by atoms with Gasteiger partial charge >= 0.3 is 5.97 Å². The lowest BCUT2D eigenvalue weighted by atomic mass is 10.5. The zero-order valence-corrected chi connectivity index (χ0v) is 16.4. The average molecular weight is 418 g/mol. The Labute approximate surface area is 170 Å². The lowest BCUT2D eigenvalue weighted by molar-refractivity contribution is -0.138. The van der Waals surface area contributed by atoms with Gasteiger partial charge in [-0.3, -0.25) is 14.4 Å². The van der Waals surface area contributed by atoms with Crippen molar-refractivity contribution in [2.75, 3.05) is 72.6 Å². The number of amides is 2. The van der Waals surface area contributed by atoms with Gasteiger partial charge in [-0.1, -0.05) is 0 Å². The monoisotopic (exact) mass is 418 g/mol. The van der Waals surface area contributed by atoms with Gasteiger partial charge in [-0.15, -0.1) is 0 Å². The first-order chi connectivity index (χ1) is 14.1. The molecule has 0 spiro atoms. The molecule has 0 fully saturated rings. The normalized spacial score (nSPS) is 10.1. The van der Waals surface area contributed by atoms with Crippen LogP contribution < -0.4 is 10.6 Å². The third-order valence-corrected chi connectivity index (χ3v) is 3.00. The minimum atomic E-state index is -0.923. The first-order valence-corrected chi connectivity index (χ1v) is 9.27. The predicted octanol–water partition coefficient (Wildman–Crippen LogP) is -1.85. The van der Waals surface area contributed by atoms with Gasteiger partial charge in [0.25, 0.3) is 11.8 Å². The molecule has 0 saturated heterocycles. The van der Waals surface area contributed by atoms with E-state index in [0.29, 0.717) is 32.8 Å². The minimum Gasteiger partial charge on any atom is -0.481 e. The molecule has 0 heterocycles. The van der Waals surface area contributed by atoms with Crippen LogP contribution in [-0.2, 0) is 33.3 Å². The highest BCUT2D eigenvalue weighted by atomic mass is 16.5. The molecule has 0 unspecified atom stereocenters. The maximum atomic E-state index is 11.5. The Morgan fingerprint density at radius 1 is 0.690 bits per heavy atom. The van der Waals surface area contributed by atoms with Crippen LogP contribution in [0, 0.1) is 11.8 Å². The Morgan fingerprint density at radius 2 is 1.14 bits per heavy atom. The number of carboxylic acid groups (broad SMARTS) is 1. The standard InChI is InChI=1S/C18H30N2O9/c21-7-1-8-26-12-14-28-10-5-19-16(22)2-3-17(23)20-6-11-29-15-13-27-9-4-18(24)25/h21H,1,4-15H2,(H,19,22)(H,20,23)(H,24,25). The van der Waals surface area contributed by atoms with Crippen molar-refractivity contribution in [3.63, 3.8) is 0 Å². The number of carboxylic acids is 1. The van der Waals surface area contributed by atoms with Gasteiger partial charge in [-0.2, -0.15) is 0 Å². The molecule has 0 aromatic rings. The van der Waals surface area contributed by atoms with Crippen LogP contribution in [0.1, 0.15) is 12.8 Å². The fraction of sp³-hybridized carbons (Fsp3) is 0.722. The molecule has 0 bridgehead atoms. The van der Waals surface area contributed by atoms with Gasteiger partial charge in [0.1, 0.15) is 0 Å². The van der Waals surface area contributed by atoms with E-state index < -0.39 is 17.8 Å². The fourth-order valence-corrected chi connectivity index (χ4v) is 1.65. The summed E-state index contributed by atoms with van der Waals surface area (Å²) in [4.78, 5) is 33.2. The Balaban J connectivity index is 3.49. The van der Waals surface area contributed by atoms with Gasteiger partial charge in [-0.05, 0) is 6.42 Å². The van der Waals surface area contributed by atoms with Crippen LogP contribution in [0.25, 0.3) is 0 Å². The van der Waals surface area contributed by atoms with Gasteiger partial charge in [0, 0.05) is 38.1 Å². The predicted molar refractivity (Wildman–Crippen MR) is 101 cm³/mol. The average Bonchev–Trinajstić information content (AvgIpc) is 2.69. The van der Waals surface area contributed by atoms with Crippen molar-refractivity contribution in [3.05, 3.63) is 0 Å². The molecule has 0 radical (unpaired) electrons. The summed E-state index contributed by atoms with van der Waals surface area (Å²) in [5, 5.41) is 21.9. The van der Waals surface area contributed by atoms with Crippen LogP contribution in [0.3, 0.4) is 0 Å². The van der Waals surface area contributed by atoms with Crippen molar-refractivity contribution in [2.45, 2.75) is 12.8 Å². The zero-order chi connectivity index (χ0) is 21.6. The summed E-state index contributed by atoms with van der Waals surface area (Å²) >= 11 is 0. The lowest BCUT2D eigenvalue weighted by Gasteiger charge is -2.05. The number of aliphatic hydroxyl groups is 1. The molecule has 0 saturated carbocycles. The first kappa shape index (κ1) is 26.8. The zero-order valence-electron chi connectivity index (χ0n) is 16.4. The summed E-state index contributed by atoms with van der Waals surface area (Å²) in [7, 11) is 0. The number of ether oxygens (including phenoxy) is 4. The Hall–Kier alpha value is -2.23. The van der Waals surface area contributed by atoms with Crippen molar-refractivity contribution < 1.29 is 43.5 Å². The number of carbonyl (C=O) groups is 3. The smallest absolute Gasteiger partial charge is 0.305 e. The minimum absolute atomic E-state index is 0.0591. The van der Waals surface area contributed by atoms with E-state index in [-0.39, 0.29) is 52.5 Å². The maximum absolute atomic E-state index is 11.5. The van der Waals surface area contributed by atoms with Gasteiger partial charge < -0.3 is 39.8 Å². The Bertz CT molecular complexity index is 517. The highest BCUT2D eigenvalue weighted by molar-refractivity contribution is 6.02. The molecule has 0 atom stereocenters. The topological polar surface area (TPSA) is 153 Å². The van der Waals surface area contributed by atoms with E-state index in [1.807, 2.05) is 0 Å². The summed E-state index contributed by atoms with van der Waals surface area (Å²) < 4.78 is 20.6. The second-order valence-corrected chi connectivity index (χ2v) is 5.43. The second-order valence-electron chi connectivity index (χ2n) is 5.43. The second kappa shape index (κ2) is 20.5. The summed E-state index contributed by atoms with van der Waals surface area (Å²) in [6.07, 6.45) is 0.525. The van der Waals surface area contributed by atoms with E-state index in [1.165, 1.54) is 0 Å². The van der Waals surface area contributed by atoms with Crippen LogP contribution >= 0.6 is 0 Å². The molecule has 29 heavy (non-hydrogen) atoms. The van der Waals surface area contributed by atoms with Crippen molar-refractivity contribution in [3.8, 4) is 11.8 Å². The van der Waals surface area contributed by atoms with Crippen molar-refractivity contribution in [1.29, 1.82) is 0 Å². The molecule has 11 heteroatoms. The highest BCUT2D eigenvalue weighted by Crippen LogP contribution is 1.84. The number of aliphatic hydroxyl groups excluding tert-OH is 1. The van der Waals surface area contributed by atoms with Crippen LogP contribution in [0.4, 0.5) is 0 Å². The van der Waals surface area contributed by atoms with Crippen LogP contribution in [0.2, 0.25) is 0 Å². The Kier molecular flexibility index (Phi) is 18.9. The molecule has 2 amide bonds. The maximum Gasteiger partial charge on any atom is 0.305 e. The largest absolute Gasteiger partial charge is 0.481 e. The summed E-state index contributed by atoms with van der Waals surface area (Å²) in [6, 6.07) is 0. The molecule has 4 N–H and O–H groups in total. The quantitative estimate of drug-likeness (QED) is 0.148. The van der Waals surface area contributed by atoms with Gasteiger partial charge in [0.2, 0.25) is 0 Å².